The predicted octanol–water partition coefficient (Wildman–Crippen LogP) is 3.37. The van der Waals surface area contributed by atoms with Gasteiger partial charge in [0, 0.05) is 0 Å². The Kier molecular flexibility index (Phi) is 3.65. The highest BCUT2D eigenvalue weighted by Crippen LogP contribution is 2.26. The smallest absolute Gasteiger partial charge is 0.187 e. The second-order valence-electron chi connectivity index (χ2n) is 4.47. The van der Waals surface area contributed by atoms with Crippen LogP contribution >= 0.6 is 0 Å². The third-order valence-electron chi connectivity index (χ3n) is 3.19. The van der Waals surface area contributed by atoms with Gasteiger partial charge in [-0.15, -0.1) is 0 Å². The lowest BCUT2D eigenvalue weighted by Crippen LogP contribution is -2.15. The predicted molar refractivity (Wildman–Crippen MR) is 62.9 cm³/mol. The Morgan fingerprint density at radius 3 is 2.75 bits per heavy atom. The fourth-order valence-electron chi connectivity index (χ4n) is 2.20. The minimum atomic E-state index is -0.432. The molecule has 0 aromatic heterocycles. The zero-order valence-corrected chi connectivity index (χ0v) is 9.42. The van der Waals surface area contributed by atoms with Gasteiger partial charge in [0.2, 0.25) is 0 Å². The summed E-state index contributed by atoms with van der Waals surface area (Å²) in [5.74, 6) is 0.429. The molecule has 0 aliphatic heterocycles. The van der Waals surface area contributed by atoms with Crippen LogP contribution in [-0.4, -0.2) is 6.61 Å². The third kappa shape index (κ3) is 2.65. The van der Waals surface area contributed by atoms with Crippen molar-refractivity contribution >= 4 is 5.69 Å². The molecule has 1 aromatic rings. The van der Waals surface area contributed by atoms with E-state index in [0.29, 0.717) is 12.5 Å². The highest BCUT2D eigenvalue weighted by atomic mass is 19.1. The van der Waals surface area contributed by atoms with Crippen LogP contribution in [0.2, 0.25) is 0 Å². The summed E-state index contributed by atoms with van der Waals surface area (Å²) in [5, 5.41) is 0. The van der Waals surface area contributed by atoms with Crippen LogP contribution < -0.4 is 10.5 Å². The first kappa shape index (κ1) is 11.2. The summed E-state index contributed by atoms with van der Waals surface area (Å²) in [6.45, 7) is 0.611. The molecule has 1 saturated carbocycles. The normalized spacial score (nSPS) is 17.3. The van der Waals surface area contributed by atoms with Crippen molar-refractivity contribution in [2.75, 3.05) is 12.3 Å². The quantitative estimate of drug-likeness (QED) is 0.797. The summed E-state index contributed by atoms with van der Waals surface area (Å²) in [7, 11) is 0. The summed E-state index contributed by atoms with van der Waals surface area (Å²) in [6, 6.07) is 4.89. The number of anilines is 1. The fraction of sp³-hybridized carbons (Fsp3) is 0.538. The minimum Gasteiger partial charge on any atom is -0.490 e. The number of rotatable bonds is 3. The Morgan fingerprint density at radius 1 is 1.25 bits per heavy atom. The summed E-state index contributed by atoms with van der Waals surface area (Å²) in [6.07, 6.45) is 6.26. The highest BCUT2D eigenvalue weighted by Gasteiger charge is 2.15. The second-order valence-corrected chi connectivity index (χ2v) is 4.47. The lowest BCUT2D eigenvalue weighted by atomic mass is 9.90. The Bertz CT molecular complexity index is 348. The van der Waals surface area contributed by atoms with Gasteiger partial charge in [0.1, 0.15) is 0 Å². The zero-order valence-electron chi connectivity index (χ0n) is 9.42. The van der Waals surface area contributed by atoms with Gasteiger partial charge < -0.3 is 10.5 Å². The van der Waals surface area contributed by atoms with Crippen LogP contribution in [0.1, 0.15) is 32.1 Å². The third-order valence-corrected chi connectivity index (χ3v) is 3.19. The molecule has 3 heteroatoms. The number of halogens is 1. The number of hydrogen-bond acceptors (Lipinski definition) is 2. The molecular weight excluding hydrogens is 205 g/mol. The van der Waals surface area contributed by atoms with Crippen molar-refractivity contribution < 1.29 is 9.13 Å². The van der Waals surface area contributed by atoms with E-state index in [1.807, 2.05) is 0 Å². The molecule has 2 nitrogen and oxygen atoms in total. The average Bonchev–Trinajstić information content (AvgIpc) is 2.32. The first-order valence-corrected chi connectivity index (χ1v) is 5.94. The molecule has 0 heterocycles. The van der Waals surface area contributed by atoms with Crippen molar-refractivity contribution in [3.05, 3.63) is 24.0 Å². The van der Waals surface area contributed by atoms with Gasteiger partial charge in [-0.25, -0.2) is 4.39 Å². The van der Waals surface area contributed by atoms with E-state index in [9.17, 15) is 4.39 Å². The van der Waals surface area contributed by atoms with Crippen LogP contribution in [0.25, 0.3) is 0 Å². The Labute approximate surface area is 95.6 Å². The largest absolute Gasteiger partial charge is 0.490 e. The molecule has 0 spiro atoms. The van der Waals surface area contributed by atoms with Crippen LogP contribution in [0.4, 0.5) is 10.1 Å². The van der Waals surface area contributed by atoms with E-state index in [1.165, 1.54) is 32.1 Å². The van der Waals surface area contributed by atoms with Gasteiger partial charge in [-0.1, -0.05) is 25.3 Å². The monoisotopic (exact) mass is 223 g/mol. The van der Waals surface area contributed by atoms with Crippen LogP contribution in [0.3, 0.4) is 0 Å². The van der Waals surface area contributed by atoms with Gasteiger partial charge >= 0.3 is 0 Å². The van der Waals surface area contributed by atoms with Crippen molar-refractivity contribution in [2.24, 2.45) is 5.92 Å². The van der Waals surface area contributed by atoms with Crippen LogP contribution in [-0.2, 0) is 0 Å². The van der Waals surface area contributed by atoms with Crippen molar-refractivity contribution in [1.29, 1.82) is 0 Å². The molecule has 1 aromatic carbocycles. The zero-order chi connectivity index (χ0) is 11.4. The van der Waals surface area contributed by atoms with Gasteiger partial charge in [0.05, 0.1) is 12.3 Å². The number of ether oxygens (including phenoxy) is 1. The topological polar surface area (TPSA) is 35.2 Å². The number of nitrogens with two attached hydrogens (primary N) is 1. The maximum atomic E-state index is 13.5. The molecule has 0 saturated heterocycles. The average molecular weight is 223 g/mol. The Morgan fingerprint density at radius 2 is 2.00 bits per heavy atom. The van der Waals surface area contributed by atoms with Gasteiger partial charge in [0.25, 0.3) is 0 Å². The number of benzene rings is 1. The van der Waals surface area contributed by atoms with E-state index in [-0.39, 0.29) is 11.4 Å². The maximum Gasteiger partial charge on any atom is 0.187 e. The molecule has 1 fully saturated rings. The van der Waals surface area contributed by atoms with Crippen molar-refractivity contribution in [3.8, 4) is 5.75 Å². The van der Waals surface area contributed by atoms with E-state index in [4.69, 9.17) is 10.5 Å². The van der Waals surface area contributed by atoms with Gasteiger partial charge in [-0.05, 0) is 30.9 Å². The minimum absolute atomic E-state index is 0.154. The van der Waals surface area contributed by atoms with Crippen LogP contribution in [0.5, 0.6) is 5.75 Å². The van der Waals surface area contributed by atoms with Crippen LogP contribution in [0, 0.1) is 11.7 Å². The molecule has 1 aliphatic carbocycles. The van der Waals surface area contributed by atoms with Gasteiger partial charge in [-0.2, -0.15) is 0 Å². The van der Waals surface area contributed by atoms with E-state index in [1.54, 1.807) is 18.2 Å². The molecular formula is C13H18FNO. The molecule has 2 N–H and O–H groups in total. The maximum absolute atomic E-state index is 13.5. The van der Waals surface area contributed by atoms with E-state index in [2.05, 4.69) is 0 Å². The fourth-order valence-corrected chi connectivity index (χ4v) is 2.20. The second kappa shape index (κ2) is 5.19. The summed E-state index contributed by atoms with van der Waals surface area (Å²) in [4.78, 5) is 0. The van der Waals surface area contributed by atoms with Crippen molar-refractivity contribution in [3.63, 3.8) is 0 Å². The van der Waals surface area contributed by atoms with Gasteiger partial charge in [-0.3, -0.25) is 0 Å². The van der Waals surface area contributed by atoms with E-state index in [0.717, 1.165) is 0 Å². The first-order valence-electron chi connectivity index (χ1n) is 5.94. The molecule has 0 bridgehead atoms. The number of hydrogen-bond donors (Lipinski definition) is 1. The molecule has 0 radical (unpaired) electrons. The standard InChI is InChI=1S/C13H18FNO/c14-13-11(15)7-4-8-12(13)16-9-10-5-2-1-3-6-10/h4,7-8,10H,1-3,5-6,9,15H2. The SMILES string of the molecule is Nc1cccc(OCC2CCCCC2)c1F. The molecule has 2 rings (SSSR count). The molecule has 1 aliphatic rings. The summed E-state index contributed by atoms with van der Waals surface area (Å²) in [5.41, 5.74) is 5.63. The number of nitrogen functional groups attached to an aromatic ring is 1. The molecule has 0 amide bonds. The molecule has 0 unspecified atom stereocenters. The highest BCUT2D eigenvalue weighted by molar-refractivity contribution is 5.45. The van der Waals surface area contributed by atoms with Gasteiger partial charge in [0.15, 0.2) is 11.6 Å². The van der Waals surface area contributed by atoms with Crippen molar-refractivity contribution in [2.45, 2.75) is 32.1 Å². The summed E-state index contributed by atoms with van der Waals surface area (Å²) >= 11 is 0. The Balaban J connectivity index is 1.91. The molecule has 88 valence electrons. The lowest BCUT2D eigenvalue weighted by molar-refractivity contribution is 0.202. The Hall–Kier alpha value is -1.25. The molecule has 16 heavy (non-hydrogen) atoms. The summed E-state index contributed by atoms with van der Waals surface area (Å²) < 4.78 is 19.0. The van der Waals surface area contributed by atoms with E-state index < -0.39 is 5.82 Å². The van der Waals surface area contributed by atoms with Crippen LogP contribution in [0.15, 0.2) is 18.2 Å². The first-order chi connectivity index (χ1) is 7.77. The molecule has 0 atom stereocenters. The van der Waals surface area contributed by atoms with E-state index >= 15 is 0 Å². The van der Waals surface area contributed by atoms with Crippen molar-refractivity contribution in [1.82, 2.24) is 0 Å². The lowest BCUT2D eigenvalue weighted by Gasteiger charge is -2.21.